The molecule has 0 aliphatic carbocycles. The maximum absolute atomic E-state index is 13.3. The van der Waals surface area contributed by atoms with Crippen LogP contribution in [0.5, 0.6) is 11.5 Å². The lowest BCUT2D eigenvalue weighted by atomic mass is 10.0. The van der Waals surface area contributed by atoms with Crippen LogP contribution in [0, 0.1) is 0 Å². The maximum atomic E-state index is 13.3. The summed E-state index contributed by atoms with van der Waals surface area (Å²) >= 11 is 0. The van der Waals surface area contributed by atoms with E-state index in [1.54, 1.807) is 14.2 Å². The summed E-state index contributed by atoms with van der Waals surface area (Å²) in [6.45, 7) is 10.2. The smallest absolute Gasteiger partial charge is 0.244 e. The molecule has 1 amide bonds. The normalized spacial score (nSPS) is 19.3. The molecule has 1 heterocycles. The van der Waals surface area contributed by atoms with Crippen molar-refractivity contribution in [2.75, 3.05) is 46.9 Å². The minimum Gasteiger partial charge on any atom is -0.493 e. The van der Waals surface area contributed by atoms with E-state index in [0.717, 1.165) is 25.2 Å². The Labute approximate surface area is 151 Å². The number of carbonyl (C=O) groups is 1. The molecule has 2 atom stereocenters. The molecule has 0 saturated carbocycles. The molecule has 1 aromatic carbocycles. The Balaban J connectivity index is 2.41. The Morgan fingerprint density at radius 2 is 1.96 bits per heavy atom. The first kappa shape index (κ1) is 19.5. The lowest BCUT2D eigenvalue weighted by Gasteiger charge is -2.39. The second kappa shape index (κ2) is 9.06. The number of rotatable bonds is 7. The zero-order valence-corrected chi connectivity index (χ0v) is 16.0. The van der Waals surface area contributed by atoms with Crippen LogP contribution in [0.15, 0.2) is 18.2 Å². The van der Waals surface area contributed by atoms with Crippen molar-refractivity contribution in [1.29, 1.82) is 0 Å². The molecule has 0 spiro atoms. The molecule has 6 heteroatoms. The monoisotopic (exact) mass is 349 g/mol. The van der Waals surface area contributed by atoms with Crippen molar-refractivity contribution in [3.63, 3.8) is 0 Å². The SMILES string of the molecule is CCN(CC)C(=O)C(c1ccc(OC)c(OC)c1)N1CCNC(C)C1. The highest BCUT2D eigenvalue weighted by Gasteiger charge is 2.33. The van der Waals surface area contributed by atoms with Crippen molar-refractivity contribution in [3.05, 3.63) is 23.8 Å². The molecule has 1 fully saturated rings. The van der Waals surface area contributed by atoms with E-state index in [9.17, 15) is 4.79 Å². The molecule has 0 aromatic heterocycles. The minimum absolute atomic E-state index is 0.145. The fraction of sp³-hybridized carbons (Fsp3) is 0.632. The number of likely N-dealkylation sites (N-methyl/N-ethyl adjacent to an activating group) is 1. The van der Waals surface area contributed by atoms with Crippen LogP contribution in [0.3, 0.4) is 0 Å². The summed E-state index contributed by atoms with van der Waals surface area (Å²) in [6, 6.07) is 5.84. The standard InChI is InChI=1S/C19H31N3O3/c1-6-21(7-2)19(23)18(22-11-10-20-14(3)13-22)15-8-9-16(24-4)17(12-15)25-5/h8-9,12,14,18,20H,6-7,10-11,13H2,1-5H3. The van der Waals surface area contributed by atoms with Gasteiger partial charge in [-0.1, -0.05) is 6.07 Å². The van der Waals surface area contributed by atoms with Gasteiger partial charge < -0.3 is 19.7 Å². The van der Waals surface area contributed by atoms with Gasteiger partial charge in [-0.15, -0.1) is 0 Å². The van der Waals surface area contributed by atoms with Crippen LogP contribution in [-0.2, 0) is 4.79 Å². The van der Waals surface area contributed by atoms with Crippen LogP contribution >= 0.6 is 0 Å². The highest BCUT2D eigenvalue weighted by Crippen LogP contribution is 2.33. The molecule has 25 heavy (non-hydrogen) atoms. The van der Waals surface area contributed by atoms with Crippen molar-refractivity contribution in [2.24, 2.45) is 0 Å². The van der Waals surface area contributed by atoms with E-state index in [1.807, 2.05) is 36.9 Å². The van der Waals surface area contributed by atoms with Gasteiger partial charge >= 0.3 is 0 Å². The molecule has 140 valence electrons. The largest absolute Gasteiger partial charge is 0.493 e. The van der Waals surface area contributed by atoms with Crippen molar-refractivity contribution in [2.45, 2.75) is 32.9 Å². The van der Waals surface area contributed by atoms with Crippen LogP contribution in [0.4, 0.5) is 0 Å². The molecule has 2 rings (SSSR count). The average molecular weight is 349 g/mol. The van der Waals surface area contributed by atoms with Crippen molar-refractivity contribution < 1.29 is 14.3 Å². The molecular formula is C19H31N3O3. The molecule has 0 bridgehead atoms. The summed E-state index contributed by atoms with van der Waals surface area (Å²) in [4.78, 5) is 17.4. The van der Waals surface area contributed by atoms with E-state index in [1.165, 1.54) is 0 Å². The van der Waals surface area contributed by atoms with Crippen molar-refractivity contribution in [1.82, 2.24) is 15.1 Å². The number of carbonyl (C=O) groups excluding carboxylic acids is 1. The van der Waals surface area contributed by atoms with E-state index in [0.29, 0.717) is 30.6 Å². The molecule has 1 saturated heterocycles. The first-order chi connectivity index (χ1) is 12.0. The first-order valence-corrected chi connectivity index (χ1v) is 9.03. The number of nitrogens with zero attached hydrogens (tertiary/aromatic N) is 2. The quantitative estimate of drug-likeness (QED) is 0.815. The predicted molar refractivity (Wildman–Crippen MR) is 99.3 cm³/mol. The fourth-order valence-electron chi connectivity index (χ4n) is 3.44. The number of methoxy groups -OCH3 is 2. The van der Waals surface area contributed by atoms with Gasteiger partial charge in [0.05, 0.1) is 14.2 Å². The second-order valence-electron chi connectivity index (χ2n) is 6.38. The second-order valence-corrected chi connectivity index (χ2v) is 6.38. The zero-order chi connectivity index (χ0) is 18.4. The summed E-state index contributed by atoms with van der Waals surface area (Å²) in [7, 11) is 3.24. The first-order valence-electron chi connectivity index (χ1n) is 9.03. The highest BCUT2D eigenvalue weighted by molar-refractivity contribution is 5.83. The Bertz CT molecular complexity index is 575. The molecule has 1 aromatic rings. The van der Waals surface area contributed by atoms with Crippen LogP contribution < -0.4 is 14.8 Å². The lowest BCUT2D eigenvalue weighted by Crippen LogP contribution is -2.53. The third kappa shape index (κ3) is 4.44. The van der Waals surface area contributed by atoms with Gasteiger partial charge in [-0.05, 0) is 38.5 Å². The van der Waals surface area contributed by atoms with Gasteiger partial charge in [0.1, 0.15) is 6.04 Å². The fourth-order valence-corrected chi connectivity index (χ4v) is 3.44. The lowest BCUT2D eigenvalue weighted by molar-refractivity contribution is -0.137. The van der Waals surface area contributed by atoms with Gasteiger partial charge in [-0.3, -0.25) is 9.69 Å². The van der Waals surface area contributed by atoms with Crippen LogP contribution in [-0.4, -0.2) is 68.7 Å². The third-order valence-electron chi connectivity index (χ3n) is 4.80. The van der Waals surface area contributed by atoms with Crippen molar-refractivity contribution >= 4 is 5.91 Å². The van der Waals surface area contributed by atoms with Crippen LogP contribution in [0.25, 0.3) is 0 Å². The summed E-state index contributed by atoms with van der Waals surface area (Å²) in [5.74, 6) is 1.47. The molecular weight excluding hydrogens is 318 g/mol. The molecule has 0 radical (unpaired) electrons. The summed E-state index contributed by atoms with van der Waals surface area (Å²) < 4.78 is 10.8. The van der Waals surface area contributed by atoms with E-state index < -0.39 is 0 Å². The third-order valence-corrected chi connectivity index (χ3v) is 4.80. The van der Waals surface area contributed by atoms with E-state index in [2.05, 4.69) is 17.1 Å². The highest BCUT2D eigenvalue weighted by atomic mass is 16.5. The van der Waals surface area contributed by atoms with Crippen LogP contribution in [0.2, 0.25) is 0 Å². The molecule has 2 unspecified atom stereocenters. The van der Waals surface area contributed by atoms with E-state index in [4.69, 9.17) is 9.47 Å². The molecule has 1 aliphatic rings. The molecule has 6 nitrogen and oxygen atoms in total. The van der Waals surface area contributed by atoms with E-state index >= 15 is 0 Å². The van der Waals surface area contributed by atoms with Gasteiger partial charge in [-0.25, -0.2) is 0 Å². The number of amides is 1. The van der Waals surface area contributed by atoms with Gasteiger partial charge in [0.2, 0.25) is 5.91 Å². The van der Waals surface area contributed by atoms with Crippen molar-refractivity contribution in [3.8, 4) is 11.5 Å². The number of nitrogens with one attached hydrogen (secondary N) is 1. The zero-order valence-electron chi connectivity index (χ0n) is 16.0. The van der Waals surface area contributed by atoms with Gasteiger partial charge in [0, 0.05) is 38.8 Å². The summed E-state index contributed by atoms with van der Waals surface area (Å²) in [5, 5.41) is 3.44. The topological polar surface area (TPSA) is 54.0 Å². The Hall–Kier alpha value is -1.79. The number of hydrogen-bond donors (Lipinski definition) is 1. The summed E-state index contributed by atoms with van der Waals surface area (Å²) in [6.07, 6.45) is 0. The minimum atomic E-state index is -0.302. The maximum Gasteiger partial charge on any atom is 0.244 e. The Kier molecular flexibility index (Phi) is 7.08. The van der Waals surface area contributed by atoms with Gasteiger partial charge in [-0.2, -0.15) is 0 Å². The number of ether oxygens (including phenoxy) is 2. The number of hydrogen-bond acceptors (Lipinski definition) is 5. The number of piperazine rings is 1. The summed E-state index contributed by atoms with van der Waals surface area (Å²) in [5.41, 5.74) is 0.948. The predicted octanol–water partition coefficient (Wildman–Crippen LogP) is 1.91. The number of benzene rings is 1. The van der Waals surface area contributed by atoms with E-state index in [-0.39, 0.29) is 11.9 Å². The van der Waals surface area contributed by atoms with Gasteiger partial charge in [0.15, 0.2) is 11.5 Å². The van der Waals surface area contributed by atoms with Gasteiger partial charge in [0.25, 0.3) is 0 Å². The van der Waals surface area contributed by atoms with Crippen LogP contribution in [0.1, 0.15) is 32.4 Å². The molecule has 1 N–H and O–H groups in total. The molecule has 1 aliphatic heterocycles. The average Bonchev–Trinajstić information content (AvgIpc) is 2.63. The Morgan fingerprint density at radius 3 is 2.52 bits per heavy atom. The Morgan fingerprint density at radius 1 is 1.28 bits per heavy atom.